The number of rotatable bonds is 5. The van der Waals surface area contributed by atoms with Gasteiger partial charge in [-0.15, -0.1) is 0 Å². The van der Waals surface area contributed by atoms with Gasteiger partial charge in [0.2, 0.25) is 0 Å². The number of carbonyl (C=O) groups is 1. The largest absolute Gasteiger partial charge is 0.379 e. The maximum atomic E-state index is 12.3. The summed E-state index contributed by atoms with van der Waals surface area (Å²) in [5, 5.41) is 9.46. The van der Waals surface area contributed by atoms with Crippen LogP contribution in [0.15, 0.2) is 48.8 Å². The molecule has 6 heteroatoms. The van der Waals surface area contributed by atoms with Gasteiger partial charge in [-0.1, -0.05) is 12.1 Å². The molecule has 1 aromatic carbocycles. The number of ether oxygens (including phenoxy) is 1. The molecule has 1 fully saturated rings. The molecule has 0 unspecified atom stereocenters. The summed E-state index contributed by atoms with van der Waals surface area (Å²) in [6.45, 7) is 3.45. The van der Waals surface area contributed by atoms with E-state index in [4.69, 9.17) is 4.74 Å². The van der Waals surface area contributed by atoms with Gasteiger partial charge in [0, 0.05) is 36.4 Å². The molecule has 132 valence electrons. The lowest BCUT2D eigenvalue weighted by Crippen LogP contribution is -2.40. The molecule has 3 aromatic rings. The number of nitrogens with zero attached hydrogens (tertiary/aromatic N) is 4. The summed E-state index contributed by atoms with van der Waals surface area (Å²) in [5.74, 6) is 0.156. The molecular weight excluding hydrogens is 328 g/mol. The fraction of sp³-hybridized carbons (Fsp3) is 0.300. The number of hydrogen-bond acceptors (Lipinski definition) is 6. The lowest BCUT2D eigenvalue weighted by Gasteiger charge is -2.25. The van der Waals surface area contributed by atoms with Gasteiger partial charge >= 0.3 is 0 Å². The molecule has 0 radical (unpaired) electrons. The minimum absolute atomic E-state index is 0.156. The first kappa shape index (κ1) is 16.8. The van der Waals surface area contributed by atoms with Gasteiger partial charge in [0.05, 0.1) is 37.4 Å². The number of carbonyl (C=O) groups excluding carboxylic acids is 1. The molecule has 4 rings (SSSR count). The highest BCUT2D eigenvalue weighted by atomic mass is 16.5. The molecule has 2 aromatic heterocycles. The highest BCUT2D eigenvalue weighted by Crippen LogP contribution is 2.23. The van der Waals surface area contributed by atoms with Crippen LogP contribution in [0.5, 0.6) is 0 Å². The van der Waals surface area contributed by atoms with Gasteiger partial charge in [-0.2, -0.15) is 10.2 Å². The van der Waals surface area contributed by atoms with Gasteiger partial charge in [0.15, 0.2) is 5.78 Å². The number of fused-ring (bicyclic) bond motifs is 1. The van der Waals surface area contributed by atoms with E-state index in [0.717, 1.165) is 35.1 Å². The highest BCUT2D eigenvalue weighted by Gasteiger charge is 2.15. The minimum atomic E-state index is 0.156. The van der Waals surface area contributed by atoms with Crippen LogP contribution in [0.3, 0.4) is 0 Å². The molecule has 1 aliphatic rings. The topological polar surface area (TPSA) is 68.2 Å². The molecule has 26 heavy (non-hydrogen) atoms. The van der Waals surface area contributed by atoms with Crippen molar-refractivity contribution in [2.45, 2.75) is 6.42 Å². The predicted octanol–water partition coefficient (Wildman–Crippen LogP) is 2.14. The van der Waals surface area contributed by atoms with E-state index in [1.807, 2.05) is 36.5 Å². The number of pyridine rings is 1. The Morgan fingerprint density at radius 2 is 1.96 bits per heavy atom. The normalized spacial score (nSPS) is 15.2. The molecule has 0 spiro atoms. The second-order valence-electron chi connectivity index (χ2n) is 6.45. The molecule has 0 amide bonds. The Balaban J connectivity index is 1.51. The van der Waals surface area contributed by atoms with Crippen molar-refractivity contribution in [3.63, 3.8) is 0 Å². The van der Waals surface area contributed by atoms with Gasteiger partial charge in [-0.3, -0.25) is 14.7 Å². The van der Waals surface area contributed by atoms with Crippen molar-refractivity contribution in [3.05, 3.63) is 54.5 Å². The smallest absolute Gasteiger partial charge is 0.152 e. The maximum Gasteiger partial charge on any atom is 0.152 e. The molecule has 0 saturated carbocycles. The van der Waals surface area contributed by atoms with E-state index in [1.165, 1.54) is 0 Å². The predicted molar refractivity (Wildman–Crippen MR) is 98.7 cm³/mol. The Hall–Kier alpha value is -2.70. The van der Waals surface area contributed by atoms with E-state index in [0.29, 0.717) is 31.9 Å². The van der Waals surface area contributed by atoms with Gasteiger partial charge in [0.1, 0.15) is 0 Å². The van der Waals surface area contributed by atoms with Crippen molar-refractivity contribution in [1.82, 2.24) is 20.1 Å². The van der Waals surface area contributed by atoms with Crippen LogP contribution in [0, 0.1) is 0 Å². The molecule has 0 N–H and O–H groups in total. The molecule has 0 atom stereocenters. The molecule has 0 bridgehead atoms. The van der Waals surface area contributed by atoms with E-state index < -0.39 is 0 Å². The monoisotopic (exact) mass is 348 g/mol. The Kier molecular flexibility index (Phi) is 4.95. The molecule has 1 aliphatic heterocycles. The van der Waals surface area contributed by atoms with Crippen LogP contribution < -0.4 is 0 Å². The van der Waals surface area contributed by atoms with E-state index in [1.54, 1.807) is 6.20 Å². The van der Waals surface area contributed by atoms with Crippen molar-refractivity contribution < 1.29 is 9.53 Å². The molecule has 3 heterocycles. The van der Waals surface area contributed by atoms with Crippen molar-refractivity contribution in [3.8, 4) is 11.1 Å². The van der Waals surface area contributed by atoms with Crippen LogP contribution in [0.2, 0.25) is 0 Å². The van der Waals surface area contributed by atoms with Crippen LogP contribution in [0.1, 0.15) is 5.69 Å². The van der Waals surface area contributed by atoms with Gasteiger partial charge in [-0.05, 0) is 29.8 Å². The van der Waals surface area contributed by atoms with Crippen molar-refractivity contribution in [2.24, 2.45) is 0 Å². The highest BCUT2D eigenvalue weighted by molar-refractivity contribution is 5.86. The third-order valence-corrected chi connectivity index (χ3v) is 4.51. The number of hydrogen-bond donors (Lipinski definition) is 0. The van der Waals surface area contributed by atoms with Crippen LogP contribution in [0.4, 0.5) is 0 Å². The van der Waals surface area contributed by atoms with Crippen LogP contribution in [-0.4, -0.2) is 58.7 Å². The Morgan fingerprint density at radius 1 is 1.08 bits per heavy atom. The van der Waals surface area contributed by atoms with Gasteiger partial charge in [0.25, 0.3) is 0 Å². The van der Waals surface area contributed by atoms with Crippen LogP contribution in [0.25, 0.3) is 22.0 Å². The average Bonchev–Trinajstić information content (AvgIpc) is 2.69. The Morgan fingerprint density at radius 3 is 2.77 bits per heavy atom. The SMILES string of the molecule is O=C(Cc1cc2cc(-c3cccnc3)ccc2nn1)CN1CCOCC1. The first-order chi connectivity index (χ1) is 12.8. The maximum absolute atomic E-state index is 12.3. The van der Waals surface area contributed by atoms with Crippen molar-refractivity contribution >= 4 is 16.7 Å². The van der Waals surface area contributed by atoms with Crippen LogP contribution >= 0.6 is 0 Å². The van der Waals surface area contributed by atoms with Crippen molar-refractivity contribution in [2.75, 3.05) is 32.8 Å². The molecular formula is C20H20N4O2. The molecule has 1 saturated heterocycles. The van der Waals surface area contributed by atoms with E-state index in [2.05, 4.69) is 26.1 Å². The number of ketones is 1. The lowest BCUT2D eigenvalue weighted by molar-refractivity contribution is -0.120. The summed E-state index contributed by atoms with van der Waals surface area (Å²) in [6, 6.07) is 11.9. The third-order valence-electron chi connectivity index (χ3n) is 4.51. The zero-order valence-corrected chi connectivity index (χ0v) is 14.5. The summed E-state index contributed by atoms with van der Waals surface area (Å²) >= 11 is 0. The lowest BCUT2D eigenvalue weighted by atomic mass is 10.0. The second-order valence-corrected chi connectivity index (χ2v) is 6.45. The number of aromatic nitrogens is 3. The second kappa shape index (κ2) is 7.68. The average molecular weight is 348 g/mol. The summed E-state index contributed by atoms with van der Waals surface area (Å²) < 4.78 is 5.32. The zero-order chi connectivity index (χ0) is 17.8. The number of morpholine rings is 1. The summed E-state index contributed by atoms with van der Waals surface area (Å²) in [4.78, 5) is 18.6. The Labute approximate surface area is 151 Å². The van der Waals surface area contributed by atoms with E-state index in [-0.39, 0.29) is 5.78 Å². The summed E-state index contributed by atoms with van der Waals surface area (Å²) in [6.07, 6.45) is 3.90. The van der Waals surface area contributed by atoms with Gasteiger partial charge < -0.3 is 4.74 Å². The summed E-state index contributed by atoms with van der Waals surface area (Å²) in [5.41, 5.74) is 3.65. The van der Waals surface area contributed by atoms with E-state index in [9.17, 15) is 4.79 Å². The fourth-order valence-corrected chi connectivity index (χ4v) is 3.15. The quantitative estimate of drug-likeness (QED) is 0.704. The van der Waals surface area contributed by atoms with Crippen molar-refractivity contribution in [1.29, 1.82) is 0 Å². The summed E-state index contributed by atoms with van der Waals surface area (Å²) in [7, 11) is 0. The Bertz CT molecular complexity index is 908. The van der Waals surface area contributed by atoms with Gasteiger partial charge in [-0.25, -0.2) is 0 Å². The first-order valence-electron chi connectivity index (χ1n) is 8.76. The van der Waals surface area contributed by atoms with Crippen LogP contribution in [-0.2, 0) is 16.0 Å². The number of benzene rings is 1. The zero-order valence-electron chi connectivity index (χ0n) is 14.5. The molecule has 0 aliphatic carbocycles. The number of Topliss-reactive ketones (excluding diaryl/α,β-unsaturated/α-hetero) is 1. The fourth-order valence-electron chi connectivity index (χ4n) is 3.15. The standard InChI is InChI=1S/C20H20N4O2/c25-19(14-24-6-8-26-9-7-24)12-18-11-17-10-15(3-4-20(17)23-22-18)16-2-1-5-21-13-16/h1-5,10-11,13H,6-9,12,14H2. The van der Waals surface area contributed by atoms with E-state index >= 15 is 0 Å². The first-order valence-corrected chi connectivity index (χ1v) is 8.76. The minimum Gasteiger partial charge on any atom is -0.379 e. The third kappa shape index (κ3) is 3.92. The molecule has 6 nitrogen and oxygen atoms in total.